The van der Waals surface area contributed by atoms with E-state index in [0.29, 0.717) is 0 Å². The van der Waals surface area contributed by atoms with E-state index < -0.39 is 23.2 Å². The van der Waals surface area contributed by atoms with E-state index >= 15 is 0 Å². The van der Waals surface area contributed by atoms with Gasteiger partial charge in [0.1, 0.15) is 0 Å². The Morgan fingerprint density at radius 1 is 1.77 bits per heavy atom. The molecule has 0 saturated heterocycles. The summed E-state index contributed by atoms with van der Waals surface area (Å²) in [7, 11) is 0. The standard InChI is InChI=1S/C8H8FNO3/c1-2-13-8(12)6-7(11)5(9)3-4-10-6/h3-4,11H,2H2,1H3. The molecule has 0 atom stereocenters. The minimum atomic E-state index is -0.891. The number of hydrogen-bond acceptors (Lipinski definition) is 4. The van der Waals surface area contributed by atoms with Crippen LogP contribution < -0.4 is 0 Å². The minimum absolute atomic E-state index is 0.149. The predicted molar refractivity (Wildman–Crippen MR) is 41.8 cm³/mol. The summed E-state index contributed by atoms with van der Waals surface area (Å²) in [6.45, 7) is 1.75. The first-order chi connectivity index (χ1) is 6.16. The van der Waals surface area contributed by atoms with Gasteiger partial charge in [-0.05, 0) is 13.0 Å². The van der Waals surface area contributed by atoms with E-state index in [9.17, 15) is 9.18 Å². The topological polar surface area (TPSA) is 59.4 Å². The fourth-order valence-electron chi connectivity index (χ4n) is 0.779. The summed E-state index contributed by atoms with van der Waals surface area (Å²) in [5.74, 6) is -2.50. The van der Waals surface area contributed by atoms with Crippen LogP contribution >= 0.6 is 0 Å². The lowest BCUT2D eigenvalue weighted by atomic mass is 10.3. The average Bonchev–Trinajstić information content (AvgIpc) is 2.10. The van der Waals surface area contributed by atoms with Crippen LogP contribution in [0.4, 0.5) is 4.39 Å². The molecule has 0 amide bonds. The molecule has 4 nitrogen and oxygen atoms in total. The number of rotatable bonds is 2. The number of carbonyl (C=O) groups excluding carboxylic acids is 1. The molecule has 1 aromatic rings. The molecular weight excluding hydrogens is 177 g/mol. The molecule has 0 aliphatic rings. The molecule has 0 radical (unpaired) electrons. The van der Waals surface area contributed by atoms with Crippen LogP contribution in [0.2, 0.25) is 0 Å². The molecule has 0 aliphatic carbocycles. The summed E-state index contributed by atoms with van der Waals surface area (Å²) >= 11 is 0. The molecule has 70 valence electrons. The van der Waals surface area contributed by atoms with E-state index in [1.807, 2.05) is 0 Å². The molecule has 1 aromatic heterocycles. The Hall–Kier alpha value is -1.65. The quantitative estimate of drug-likeness (QED) is 0.701. The van der Waals surface area contributed by atoms with E-state index in [-0.39, 0.29) is 6.61 Å². The third-order valence-corrected chi connectivity index (χ3v) is 1.34. The van der Waals surface area contributed by atoms with Gasteiger partial charge >= 0.3 is 5.97 Å². The van der Waals surface area contributed by atoms with Crippen LogP contribution in [0.15, 0.2) is 12.3 Å². The lowest BCUT2D eigenvalue weighted by molar-refractivity contribution is 0.0514. The lowest BCUT2D eigenvalue weighted by Gasteiger charge is -2.02. The molecule has 0 aromatic carbocycles. The normalized spacial score (nSPS) is 9.69. The Kier molecular flexibility index (Phi) is 2.79. The van der Waals surface area contributed by atoms with Crippen molar-refractivity contribution in [3.63, 3.8) is 0 Å². The van der Waals surface area contributed by atoms with Crippen LogP contribution in [0, 0.1) is 5.82 Å². The van der Waals surface area contributed by atoms with Crippen LogP contribution in [0.5, 0.6) is 5.75 Å². The lowest BCUT2D eigenvalue weighted by Crippen LogP contribution is -2.07. The maximum Gasteiger partial charge on any atom is 0.360 e. The number of esters is 1. The first-order valence-corrected chi connectivity index (χ1v) is 3.67. The Balaban J connectivity index is 3.01. The van der Waals surface area contributed by atoms with Gasteiger partial charge in [0.15, 0.2) is 17.3 Å². The molecule has 0 unspecified atom stereocenters. The van der Waals surface area contributed by atoms with Crippen molar-refractivity contribution in [1.29, 1.82) is 0 Å². The second-order valence-corrected chi connectivity index (χ2v) is 2.21. The van der Waals surface area contributed by atoms with Gasteiger partial charge in [-0.25, -0.2) is 14.2 Å². The highest BCUT2D eigenvalue weighted by molar-refractivity contribution is 5.90. The van der Waals surface area contributed by atoms with E-state index in [0.717, 1.165) is 12.3 Å². The molecular formula is C8H8FNO3. The highest BCUT2D eigenvalue weighted by atomic mass is 19.1. The van der Waals surface area contributed by atoms with Gasteiger partial charge in [-0.15, -0.1) is 0 Å². The fourth-order valence-corrected chi connectivity index (χ4v) is 0.779. The van der Waals surface area contributed by atoms with Gasteiger partial charge in [0, 0.05) is 6.20 Å². The summed E-state index contributed by atoms with van der Waals surface area (Å²) in [6.07, 6.45) is 1.08. The third kappa shape index (κ3) is 1.93. The molecule has 1 heterocycles. The van der Waals surface area contributed by atoms with Crippen LogP contribution in [0.25, 0.3) is 0 Å². The van der Waals surface area contributed by atoms with E-state index in [4.69, 9.17) is 5.11 Å². The molecule has 1 rings (SSSR count). The molecule has 0 fully saturated rings. The molecule has 0 saturated carbocycles. The Bertz CT molecular complexity index is 327. The van der Waals surface area contributed by atoms with Gasteiger partial charge in [-0.2, -0.15) is 0 Å². The molecule has 5 heteroatoms. The van der Waals surface area contributed by atoms with Gasteiger partial charge in [0.25, 0.3) is 0 Å². The SMILES string of the molecule is CCOC(=O)c1nccc(F)c1O. The number of halogens is 1. The zero-order valence-corrected chi connectivity index (χ0v) is 6.95. The third-order valence-electron chi connectivity index (χ3n) is 1.34. The largest absolute Gasteiger partial charge is 0.503 e. The van der Waals surface area contributed by atoms with Crippen LogP contribution in [0.1, 0.15) is 17.4 Å². The van der Waals surface area contributed by atoms with Crippen molar-refractivity contribution in [3.8, 4) is 5.75 Å². The number of aromatic nitrogens is 1. The minimum Gasteiger partial charge on any atom is -0.503 e. The Morgan fingerprint density at radius 3 is 3.08 bits per heavy atom. The summed E-state index contributed by atoms with van der Waals surface area (Å²) in [5, 5.41) is 9.06. The monoisotopic (exact) mass is 185 g/mol. The maximum atomic E-state index is 12.7. The molecule has 0 aliphatic heterocycles. The molecule has 0 bridgehead atoms. The summed E-state index contributed by atoms with van der Waals surface area (Å²) in [5.41, 5.74) is -0.401. The van der Waals surface area contributed by atoms with Crippen LogP contribution in [0.3, 0.4) is 0 Å². The van der Waals surface area contributed by atoms with E-state index in [2.05, 4.69) is 9.72 Å². The molecule has 1 N–H and O–H groups in total. The van der Waals surface area contributed by atoms with Crippen molar-refractivity contribution >= 4 is 5.97 Å². The van der Waals surface area contributed by atoms with E-state index in [1.165, 1.54) is 0 Å². The molecule has 13 heavy (non-hydrogen) atoms. The highest BCUT2D eigenvalue weighted by Crippen LogP contribution is 2.18. The second kappa shape index (κ2) is 3.84. The van der Waals surface area contributed by atoms with Crippen molar-refractivity contribution in [2.24, 2.45) is 0 Å². The van der Waals surface area contributed by atoms with Gasteiger partial charge in [0.05, 0.1) is 6.61 Å². The van der Waals surface area contributed by atoms with Crippen molar-refractivity contribution < 1.29 is 19.0 Å². The second-order valence-electron chi connectivity index (χ2n) is 2.21. The van der Waals surface area contributed by atoms with Gasteiger partial charge in [-0.3, -0.25) is 0 Å². The zero-order valence-electron chi connectivity index (χ0n) is 6.95. The zero-order chi connectivity index (χ0) is 9.84. The number of ether oxygens (including phenoxy) is 1. The number of nitrogens with zero attached hydrogens (tertiary/aromatic N) is 1. The van der Waals surface area contributed by atoms with Gasteiger partial charge in [0.2, 0.25) is 0 Å². The Morgan fingerprint density at radius 2 is 2.46 bits per heavy atom. The van der Waals surface area contributed by atoms with Crippen molar-refractivity contribution in [2.45, 2.75) is 6.92 Å². The Labute approximate surface area is 74.0 Å². The first kappa shape index (κ1) is 9.44. The van der Waals surface area contributed by atoms with Gasteiger partial charge < -0.3 is 9.84 Å². The fraction of sp³-hybridized carbons (Fsp3) is 0.250. The van der Waals surface area contributed by atoms with Crippen LogP contribution in [-0.4, -0.2) is 22.7 Å². The van der Waals surface area contributed by atoms with Crippen molar-refractivity contribution in [3.05, 3.63) is 23.8 Å². The maximum absolute atomic E-state index is 12.7. The van der Waals surface area contributed by atoms with Crippen LogP contribution in [-0.2, 0) is 4.74 Å². The average molecular weight is 185 g/mol. The number of aromatic hydroxyl groups is 1. The summed E-state index contributed by atoms with van der Waals surface area (Å²) < 4.78 is 17.2. The summed E-state index contributed by atoms with van der Waals surface area (Å²) in [6, 6.07) is 0.956. The van der Waals surface area contributed by atoms with Crippen molar-refractivity contribution in [1.82, 2.24) is 4.98 Å². The summed E-state index contributed by atoms with van der Waals surface area (Å²) in [4.78, 5) is 14.5. The van der Waals surface area contributed by atoms with Gasteiger partial charge in [-0.1, -0.05) is 0 Å². The number of hydrogen-bond donors (Lipinski definition) is 1. The smallest absolute Gasteiger partial charge is 0.360 e. The first-order valence-electron chi connectivity index (χ1n) is 3.67. The molecule has 0 spiro atoms. The van der Waals surface area contributed by atoms with E-state index in [1.54, 1.807) is 6.92 Å². The highest BCUT2D eigenvalue weighted by Gasteiger charge is 2.16. The predicted octanol–water partition coefficient (Wildman–Crippen LogP) is 1.10. The number of pyridine rings is 1. The van der Waals surface area contributed by atoms with Crippen molar-refractivity contribution in [2.75, 3.05) is 6.61 Å². The number of carbonyl (C=O) groups is 1.